The first-order valence-electron chi connectivity index (χ1n) is 5.01. The molecule has 0 saturated carbocycles. The molecule has 1 aromatic carbocycles. The third-order valence-corrected chi connectivity index (χ3v) is 4.68. The number of rotatable bonds is 2. The molecule has 2 heterocycles. The van der Waals surface area contributed by atoms with Gasteiger partial charge < -0.3 is 5.73 Å². The molecule has 0 fully saturated rings. The van der Waals surface area contributed by atoms with Crippen LogP contribution < -0.4 is 5.73 Å². The molecule has 0 amide bonds. The molecule has 0 unspecified atom stereocenters. The van der Waals surface area contributed by atoms with Crippen molar-refractivity contribution in [3.8, 4) is 9.88 Å². The highest BCUT2D eigenvalue weighted by Gasteiger charge is 2.07. The number of hydrogen-bond donors (Lipinski definition) is 1. The molecular weight excluding hydrogens is 236 g/mol. The van der Waals surface area contributed by atoms with Crippen molar-refractivity contribution in [3.05, 3.63) is 41.3 Å². The molecule has 0 atom stereocenters. The maximum Gasteiger partial charge on any atom is 0.134 e. The van der Waals surface area contributed by atoms with Gasteiger partial charge in [0.1, 0.15) is 5.01 Å². The van der Waals surface area contributed by atoms with Gasteiger partial charge in [-0.05, 0) is 24.3 Å². The van der Waals surface area contributed by atoms with Gasteiger partial charge in [0.2, 0.25) is 0 Å². The number of hydrogen-bond acceptors (Lipinski definition) is 4. The number of nitrogens with two attached hydrogens (primary N) is 1. The van der Waals surface area contributed by atoms with Crippen molar-refractivity contribution in [2.45, 2.75) is 6.54 Å². The largest absolute Gasteiger partial charge is 0.326 e. The van der Waals surface area contributed by atoms with Crippen molar-refractivity contribution in [1.82, 2.24) is 4.98 Å². The quantitative estimate of drug-likeness (QED) is 0.751. The lowest BCUT2D eigenvalue weighted by molar-refractivity contribution is 1.11. The van der Waals surface area contributed by atoms with Crippen molar-refractivity contribution < 1.29 is 0 Å². The van der Waals surface area contributed by atoms with E-state index in [1.807, 2.05) is 18.2 Å². The van der Waals surface area contributed by atoms with E-state index in [0.717, 1.165) is 10.5 Å². The molecule has 4 heteroatoms. The molecule has 0 saturated heterocycles. The number of thiophene rings is 1. The van der Waals surface area contributed by atoms with E-state index in [-0.39, 0.29) is 0 Å². The van der Waals surface area contributed by atoms with E-state index < -0.39 is 0 Å². The van der Waals surface area contributed by atoms with Crippen LogP contribution in [0.2, 0.25) is 0 Å². The normalized spacial score (nSPS) is 11.1. The van der Waals surface area contributed by atoms with E-state index in [2.05, 4.69) is 23.2 Å². The van der Waals surface area contributed by atoms with Crippen molar-refractivity contribution in [3.63, 3.8) is 0 Å². The summed E-state index contributed by atoms with van der Waals surface area (Å²) in [5, 5.41) is 1.09. The number of fused-ring (bicyclic) bond motifs is 1. The number of aromatic nitrogens is 1. The maximum absolute atomic E-state index is 5.61. The van der Waals surface area contributed by atoms with E-state index in [0.29, 0.717) is 6.54 Å². The average molecular weight is 246 g/mol. The summed E-state index contributed by atoms with van der Waals surface area (Å²) in [4.78, 5) is 7.03. The number of para-hydroxylation sites is 1. The van der Waals surface area contributed by atoms with Crippen LogP contribution in [0.25, 0.3) is 20.1 Å². The van der Waals surface area contributed by atoms with Crippen LogP contribution in [0.5, 0.6) is 0 Å². The molecule has 2 aromatic heterocycles. The summed E-state index contributed by atoms with van der Waals surface area (Å²) < 4.78 is 1.24. The summed E-state index contributed by atoms with van der Waals surface area (Å²) in [6.07, 6.45) is 0. The summed E-state index contributed by atoms with van der Waals surface area (Å²) in [5.41, 5.74) is 6.68. The second-order valence-electron chi connectivity index (χ2n) is 3.46. The van der Waals surface area contributed by atoms with Crippen molar-refractivity contribution in [2.24, 2.45) is 5.73 Å². The van der Waals surface area contributed by atoms with Gasteiger partial charge in [0.15, 0.2) is 0 Å². The van der Waals surface area contributed by atoms with Crippen molar-refractivity contribution in [1.29, 1.82) is 0 Å². The summed E-state index contributed by atoms with van der Waals surface area (Å²) in [7, 11) is 0. The van der Waals surface area contributed by atoms with Gasteiger partial charge in [-0.1, -0.05) is 12.1 Å². The van der Waals surface area contributed by atoms with Crippen molar-refractivity contribution >= 4 is 32.9 Å². The van der Waals surface area contributed by atoms with Crippen LogP contribution in [0.15, 0.2) is 36.4 Å². The van der Waals surface area contributed by atoms with Crippen LogP contribution in [0.4, 0.5) is 0 Å². The maximum atomic E-state index is 5.61. The van der Waals surface area contributed by atoms with Crippen LogP contribution in [0.1, 0.15) is 4.88 Å². The number of thiazole rings is 1. The number of benzene rings is 1. The first kappa shape index (κ1) is 9.96. The zero-order chi connectivity index (χ0) is 11.0. The molecule has 0 spiro atoms. The van der Waals surface area contributed by atoms with E-state index in [1.54, 1.807) is 22.7 Å². The lowest BCUT2D eigenvalue weighted by atomic mass is 10.3. The van der Waals surface area contributed by atoms with Crippen molar-refractivity contribution in [2.75, 3.05) is 0 Å². The van der Waals surface area contributed by atoms with Gasteiger partial charge in [0.25, 0.3) is 0 Å². The predicted octanol–water partition coefficient (Wildman–Crippen LogP) is 3.48. The Hall–Kier alpha value is -1.23. The summed E-state index contributed by atoms with van der Waals surface area (Å²) in [6, 6.07) is 12.4. The first-order valence-corrected chi connectivity index (χ1v) is 6.65. The Morgan fingerprint density at radius 3 is 2.69 bits per heavy atom. The van der Waals surface area contributed by atoms with Gasteiger partial charge in [-0.25, -0.2) is 4.98 Å². The van der Waals surface area contributed by atoms with Crippen LogP contribution >= 0.6 is 22.7 Å². The van der Waals surface area contributed by atoms with E-state index in [9.17, 15) is 0 Å². The SMILES string of the molecule is NCc1ccc(-c2nc3ccccc3s2)s1. The molecule has 80 valence electrons. The summed E-state index contributed by atoms with van der Waals surface area (Å²) in [6.45, 7) is 0.607. The van der Waals surface area contributed by atoms with Gasteiger partial charge in [-0.3, -0.25) is 0 Å². The Balaban J connectivity index is 2.11. The highest BCUT2D eigenvalue weighted by molar-refractivity contribution is 7.25. The highest BCUT2D eigenvalue weighted by atomic mass is 32.1. The Morgan fingerprint density at radius 1 is 1.06 bits per heavy atom. The molecule has 0 aliphatic carbocycles. The second-order valence-corrected chi connectivity index (χ2v) is 5.66. The monoisotopic (exact) mass is 246 g/mol. The van der Waals surface area contributed by atoms with Crippen LogP contribution in [0.3, 0.4) is 0 Å². The Labute approximate surface area is 101 Å². The first-order chi connectivity index (χ1) is 7.86. The fourth-order valence-electron chi connectivity index (χ4n) is 1.58. The molecule has 2 nitrogen and oxygen atoms in total. The smallest absolute Gasteiger partial charge is 0.134 e. The summed E-state index contributed by atoms with van der Waals surface area (Å²) >= 11 is 3.46. The van der Waals surface area contributed by atoms with Gasteiger partial charge >= 0.3 is 0 Å². The second kappa shape index (κ2) is 3.97. The minimum Gasteiger partial charge on any atom is -0.326 e. The third kappa shape index (κ3) is 1.65. The molecule has 3 rings (SSSR count). The minimum atomic E-state index is 0.607. The minimum absolute atomic E-state index is 0.607. The van der Waals surface area contributed by atoms with Gasteiger partial charge in [-0.15, -0.1) is 22.7 Å². The van der Waals surface area contributed by atoms with Gasteiger partial charge in [-0.2, -0.15) is 0 Å². The molecule has 0 bridgehead atoms. The topological polar surface area (TPSA) is 38.9 Å². The highest BCUT2D eigenvalue weighted by Crippen LogP contribution is 2.34. The Morgan fingerprint density at radius 2 is 1.94 bits per heavy atom. The molecular formula is C12H10N2S2. The molecule has 0 radical (unpaired) electrons. The Kier molecular flexibility index (Phi) is 2.47. The van der Waals surface area contributed by atoms with Crippen LogP contribution in [-0.2, 0) is 6.54 Å². The van der Waals surface area contributed by atoms with E-state index in [4.69, 9.17) is 5.73 Å². The Bertz CT molecular complexity index is 592. The fourth-order valence-corrected chi connectivity index (χ4v) is 3.49. The van der Waals surface area contributed by atoms with E-state index >= 15 is 0 Å². The molecule has 16 heavy (non-hydrogen) atoms. The van der Waals surface area contributed by atoms with Gasteiger partial charge in [0, 0.05) is 11.4 Å². The van der Waals surface area contributed by atoms with Gasteiger partial charge in [0.05, 0.1) is 15.1 Å². The molecule has 2 N–H and O–H groups in total. The zero-order valence-corrected chi connectivity index (χ0v) is 10.1. The lowest BCUT2D eigenvalue weighted by Crippen LogP contribution is -1.90. The van der Waals surface area contributed by atoms with Crippen LogP contribution in [0, 0.1) is 0 Å². The molecule has 3 aromatic rings. The predicted molar refractivity (Wildman–Crippen MR) is 70.8 cm³/mol. The standard InChI is InChI=1S/C12H10N2S2/c13-7-8-5-6-11(15-8)12-14-9-3-1-2-4-10(9)16-12/h1-6H,7,13H2. The van der Waals surface area contributed by atoms with Crippen LogP contribution in [-0.4, -0.2) is 4.98 Å². The zero-order valence-electron chi connectivity index (χ0n) is 8.51. The lowest BCUT2D eigenvalue weighted by Gasteiger charge is -1.87. The fraction of sp³-hybridized carbons (Fsp3) is 0.0833. The summed E-state index contributed by atoms with van der Waals surface area (Å²) in [5.74, 6) is 0. The number of nitrogens with zero attached hydrogens (tertiary/aromatic N) is 1. The molecule has 0 aliphatic rings. The molecule has 0 aliphatic heterocycles. The average Bonchev–Trinajstić information content (AvgIpc) is 2.95. The third-order valence-electron chi connectivity index (χ3n) is 2.37. The van der Waals surface area contributed by atoms with E-state index in [1.165, 1.54) is 14.5 Å².